The van der Waals surface area contributed by atoms with E-state index in [2.05, 4.69) is 35.4 Å². The fraction of sp³-hybridized carbons (Fsp3) is 0.357. The van der Waals surface area contributed by atoms with E-state index >= 15 is 0 Å². The molecule has 3 unspecified atom stereocenters. The molecule has 3 nitrogen and oxygen atoms in total. The van der Waals surface area contributed by atoms with Gasteiger partial charge < -0.3 is 5.73 Å². The zero-order chi connectivity index (χ0) is 11.8. The average Bonchev–Trinajstić information content (AvgIpc) is 3.05. The molecule has 1 aromatic carbocycles. The van der Waals surface area contributed by atoms with E-state index in [9.17, 15) is 0 Å². The first-order chi connectivity index (χ1) is 8.27. The van der Waals surface area contributed by atoms with Crippen LogP contribution in [-0.2, 0) is 7.05 Å². The summed E-state index contributed by atoms with van der Waals surface area (Å²) in [7, 11) is 1.95. The van der Waals surface area contributed by atoms with Crippen molar-refractivity contribution in [3.05, 3.63) is 53.9 Å². The molecule has 1 aliphatic rings. The normalized spacial score (nSPS) is 24.6. The largest absolute Gasteiger partial charge is 0.322 e. The minimum atomic E-state index is 0.104. The van der Waals surface area contributed by atoms with Crippen LogP contribution < -0.4 is 5.73 Å². The molecule has 1 fully saturated rings. The topological polar surface area (TPSA) is 43.8 Å². The SMILES string of the molecule is Cn1nccc1C(N)C1CC1c1ccccc1. The van der Waals surface area contributed by atoms with Crippen molar-refractivity contribution in [2.75, 3.05) is 0 Å². The Hall–Kier alpha value is -1.61. The summed E-state index contributed by atoms with van der Waals surface area (Å²) in [6.45, 7) is 0. The summed E-state index contributed by atoms with van der Waals surface area (Å²) in [5.74, 6) is 1.19. The molecule has 1 heterocycles. The fourth-order valence-corrected chi connectivity index (χ4v) is 2.63. The van der Waals surface area contributed by atoms with Crippen LogP contribution in [0, 0.1) is 5.92 Å². The van der Waals surface area contributed by atoms with Crippen LogP contribution in [-0.4, -0.2) is 9.78 Å². The summed E-state index contributed by atoms with van der Waals surface area (Å²) >= 11 is 0. The molecule has 1 saturated carbocycles. The van der Waals surface area contributed by atoms with Crippen molar-refractivity contribution in [1.29, 1.82) is 0 Å². The number of nitrogens with zero attached hydrogens (tertiary/aromatic N) is 2. The van der Waals surface area contributed by atoms with Gasteiger partial charge in [0.05, 0.1) is 11.7 Å². The van der Waals surface area contributed by atoms with Gasteiger partial charge in [-0.05, 0) is 29.9 Å². The lowest BCUT2D eigenvalue weighted by atomic mass is 10.0. The van der Waals surface area contributed by atoms with Gasteiger partial charge >= 0.3 is 0 Å². The molecule has 1 aromatic heterocycles. The van der Waals surface area contributed by atoms with Gasteiger partial charge in [-0.1, -0.05) is 30.3 Å². The molecule has 0 spiro atoms. The molecule has 2 aromatic rings. The summed E-state index contributed by atoms with van der Waals surface area (Å²) < 4.78 is 1.88. The zero-order valence-electron chi connectivity index (χ0n) is 9.95. The van der Waals surface area contributed by atoms with E-state index < -0.39 is 0 Å². The van der Waals surface area contributed by atoms with Crippen LogP contribution in [0.4, 0.5) is 0 Å². The van der Waals surface area contributed by atoms with Gasteiger partial charge in [-0.15, -0.1) is 0 Å². The first kappa shape index (κ1) is 10.5. The molecule has 0 saturated heterocycles. The van der Waals surface area contributed by atoms with Crippen molar-refractivity contribution in [2.45, 2.75) is 18.4 Å². The third-order valence-corrected chi connectivity index (χ3v) is 3.73. The Morgan fingerprint density at radius 1 is 1.29 bits per heavy atom. The number of aromatic nitrogens is 2. The highest BCUT2D eigenvalue weighted by molar-refractivity contribution is 5.28. The second-order valence-corrected chi connectivity index (χ2v) is 4.82. The Balaban J connectivity index is 1.75. The van der Waals surface area contributed by atoms with Crippen molar-refractivity contribution < 1.29 is 0 Å². The fourth-order valence-electron chi connectivity index (χ4n) is 2.63. The Morgan fingerprint density at radius 2 is 2.06 bits per heavy atom. The number of hydrogen-bond acceptors (Lipinski definition) is 2. The summed E-state index contributed by atoms with van der Waals surface area (Å²) in [5.41, 5.74) is 8.86. The first-order valence-electron chi connectivity index (χ1n) is 6.06. The van der Waals surface area contributed by atoms with Crippen molar-refractivity contribution in [1.82, 2.24) is 9.78 Å². The predicted molar refractivity (Wildman–Crippen MR) is 67.4 cm³/mol. The molecule has 3 heteroatoms. The third-order valence-electron chi connectivity index (χ3n) is 3.73. The molecule has 3 atom stereocenters. The van der Waals surface area contributed by atoms with E-state index in [1.165, 1.54) is 12.0 Å². The predicted octanol–water partition coefficient (Wildman–Crippen LogP) is 2.22. The second-order valence-electron chi connectivity index (χ2n) is 4.82. The van der Waals surface area contributed by atoms with E-state index in [0.717, 1.165) is 5.69 Å². The smallest absolute Gasteiger partial charge is 0.0551 e. The molecule has 0 radical (unpaired) electrons. The molecular weight excluding hydrogens is 210 g/mol. The third kappa shape index (κ3) is 1.87. The number of hydrogen-bond donors (Lipinski definition) is 1. The van der Waals surface area contributed by atoms with Crippen LogP contribution in [0.2, 0.25) is 0 Å². The Bertz CT molecular complexity index is 503. The van der Waals surface area contributed by atoms with E-state index in [0.29, 0.717) is 11.8 Å². The standard InChI is InChI=1S/C14H17N3/c1-17-13(7-8-16-17)14(15)12-9-11(12)10-5-3-2-4-6-10/h2-8,11-12,14H,9,15H2,1H3. The Labute approximate surface area is 101 Å². The Kier molecular flexibility index (Phi) is 2.48. The number of nitrogens with two attached hydrogens (primary N) is 1. The summed E-state index contributed by atoms with van der Waals surface area (Å²) in [5, 5.41) is 4.18. The van der Waals surface area contributed by atoms with E-state index in [1.54, 1.807) is 0 Å². The van der Waals surface area contributed by atoms with Gasteiger partial charge in [0, 0.05) is 13.2 Å². The maximum absolute atomic E-state index is 6.31. The summed E-state index contributed by atoms with van der Waals surface area (Å²) in [6, 6.07) is 12.8. The van der Waals surface area contributed by atoms with Gasteiger partial charge in [-0.2, -0.15) is 5.10 Å². The molecule has 1 aliphatic carbocycles. The number of aryl methyl sites for hydroxylation is 1. The maximum Gasteiger partial charge on any atom is 0.0551 e. The monoisotopic (exact) mass is 227 g/mol. The zero-order valence-corrected chi connectivity index (χ0v) is 9.95. The van der Waals surface area contributed by atoms with Gasteiger partial charge in [0.1, 0.15) is 0 Å². The quantitative estimate of drug-likeness (QED) is 0.873. The molecular formula is C14H17N3. The molecule has 0 aliphatic heterocycles. The summed E-state index contributed by atoms with van der Waals surface area (Å²) in [4.78, 5) is 0. The Morgan fingerprint density at radius 3 is 2.71 bits per heavy atom. The lowest BCUT2D eigenvalue weighted by Crippen LogP contribution is -2.17. The van der Waals surface area contributed by atoms with E-state index in [4.69, 9.17) is 5.73 Å². The molecule has 17 heavy (non-hydrogen) atoms. The minimum absolute atomic E-state index is 0.104. The molecule has 0 amide bonds. The van der Waals surface area contributed by atoms with Gasteiger partial charge in [0.15, 0.2) is 0 Å². The maximum atomic E-state index is 6.31. The van der Waals surface area contributed by atoms with E-state index in [1.807, 2.05) is 24.0 Å². The molecule has 3 rings (SSSR count). The van der Waals surface area contributed by atoms with Gasteiger partial charge in [-0.3, -0.25) is 4.68 Å². The van der Waals surface area contributed by atoms with Crippen LogP contribution in [0.1, 0.15) is 29.6 Å². The molecule has 2 N–H and O–H groups in total. The van der Waals surface area contributed by atoms with Gasteiger partial charge in [0.25, 0.3) is 0 Å². The highest BCUT2D eigenvalue weighted by Crippen LogP contribution is 2.52. The number of benzene rings is 1. The van der Waals surface area contributed by atoms with Crippen molar-refractivity contribution >= 4 is 0 Å². The van der Waals surface area contributed by atoms with Crippen LogP contribution in [0.5, 0.6) is 0 Å². The lowest BCUT2D eigenvalue weighted by Gasteiger charge is -2.11. The van der Waals surface area contributed by atoms with Gasteiger partial charge in [-0.25, -0.2) is 0 Å². The highest BCUT2D eigenvalue weighted by Gasteiger charge is 2.43. The second kappa shape index (κ2) is 4.00. The average molecular weight is 227 g/mol. The van der Waals surface area contributed by atoms with Gasteiger partial charge in [0.2, 0.25) is 0 Å². The first-order valence-corrected chi connectivity index (χ1v) is 6.06. The van der Waals surface area contributed by atoms with Crippen molar-refractivity contribution in [2.24, 2.45) is 18.7 Å². The molecule has 0 bridgehead atoms. The van der Waals surface area contributed by atoms with E-state index in [-0.39, 0.29) is 6.04 Å². The lowest BCUT2D eigenvalue weighted by molar-refractivity contribution is 0.555. The minimum Gasteiger partial charge on any atom is -0.322 e. The highest BCUT2D eigenvalue weighted by atomic mass is 15.3. The summed E-state index contributed by atoms with van der Waals surface area (Å²) in [6.07, 6.45) is 3.01. The molecule has 88 valence electrons. The van der Waals surface area contributed by atoms with Crippen LogP contribution in [0.3, 0.4) is 0 Å². The van der Waals surface area contributed by atoms with Crippen molar-refractivity contribution in [3.8, 4) is 0 Å². The van der Waals surface area contributed by atoms with Crippen LogP contribution in [0.25, 0.3) is 0 Å². The van der Waals surface area contributed by atoms with Crippen LogP contribution in [0.15, 0.2) is 42.6 Å². The van der Waals surface area contributed by atoms with Crippen molar-refractivity contribution in [3.63, 3.8) is 0 Å². The number of rotatable bonds is 3. The van der Waals surface area contributed by atoms with Crippen LogP contribution >= 0.6 is 0 Å².